The van der Waals surface area contributed by atoms with E-state index in [1.54, 1.807) is 24.3 Å². The summed E-state index contributed by atoms with van der Waals surface area (Å²) in [6, 6.07) is 13.5. The molecule has 6 heteroatoms. The summed E-state index contributed by atoms with van der Waals surface area (Å²) in [5.41, 5.74) is 1.80. The van der Waals surface area contributed by atoms with Crippen LogP contribution in [0.3, 0.4) is 0 Å². The molecule has 2 aromatic carbocycles. The van der Waals surface area contributed by atoms with E-state index >= 15 is 0 Å². The standard InChI is InChI=1S/C17H15ClN2O3/c18-15-3-1-2-14(12-15)10-11-19-17(21)9-6-13-4-7-16(8-5-13)20(22)23/h1-9,12H,10-11H2,(H,19,21). The van der Waals surface area contributed by atoms with Gasteiger partial charge in [-0.2, -0.15) is 0 Å². The van der Waals surface area contributed by atoms with E-state index in [1.165, 1.54) is 18.2 Å². The van der Waals surface area contributed by atoms with Crippen molar-refractivity contribution < 1.29 is 9.72 Å². The molecule has 0 heterocycles. The van der Waals surface area contributed by atoms with Crippen LogP contribution in [-0.4, -0.2) is 17.4 Å². The van der Waals surface area contributed by atoms with Gasteiger partial charge in [-0.15, -0.1) is 0 Å². The molecule has 0 unspecified atom stereocenters. The van der Waals surface area contributed by atoms with Crippen LogP contribution in [0.15, 0.2) is 54.6 Å². The quantitative estimate of drug-likeness (QED) is 0.499. The maximum Gasteiger partial charge on any atom is 0.269 e. The van der Waals surface area contributed by atoms with E-state index in [0.29, 0.717) is 18.0 Å². The summed E-state index contributed by atoms with van der Waals surface area (Å²) in [5, 5.41) is 14.0. The van der Waals surface area contributed by atoms with Crippen molar-refractivity contribution in [1.29, 1.82) is 0 Å². The summed E-state index contributed by atoms with van der Waals surface area (Å²) in [4.78, 5) is 21.8. The van der Waals surface area contributed by atoms with E-state index in [2.05, 4.69) is 5.32 Å². The molecule has 23 heavy (non-hydrogen) atoms. The van der Waals surface area contributed by atoms with Crippen molar-refractivity contribution in [3.8, 4) is 0 Å². The number of nitrogens with zero attached hydrogens (tertiary/aromatic N) is 1. The summed E-state index contributed by atoms with van der Waals surface area (Å²) < 4.78 is 0. The third-order valence-corrected chi connectivity index (χ3v) is 3.37. The Balaban J connectivity index is 1.81. The molecule has 1 N–H and O–H groups in total. The van der Waals surface area contributed by atoms with Crippen molar-refractivity contribution >= 4 is 29.3 Å². The van der Waals surface area contributed by atoms with Gasteiger partial charge in [0.1, 0.15) is 0 Å². The van der Waals surface area contributed by atoms with Gasteiger partial charge in [0.05, 0.1) is 4.92 Å². The lowest BCUT2D eigenvalue weighted by Crippen LogP contribution is -2.23. The fraction of sp³-hybridized carbons (Fsp3) is 0.118. The molecule has 118 valence electrons. The zero-order valence-corrected chi connectivity index (χ0v) is 13.0. The minimum Gasteiger partial charge on any atom is -0.352 e. The number of nitro groups is 1. The second kappa shape index (κ2) is 8.10. The highest BCUT2D eigenvalue weighted by Crippen LogP contribution is 2.13. The van der Waals surface area contributed by atoms with E-state index in [0.717, 1.165) is 11.1 Å². The van der Waals surface area contributed by atoms with Crippen molar-refractivity contribution in [3.63, 3.8) is 0 Å². The number of nitro benzene ring substituents is 1. The van der Waals surface area contributed by atoms with Crippen molar-refractivity contribution in [2.24, 2.45) is 0 Å². The van der Waals surface area contributed by atoms with E-state index in [-0.39, 0.29) is 11.6 Å². The molecule has 0 aromatic heterocycles. The van der Waals surface area contributed by atoms with Crippen LogP contribution in [0.2, 0.25) is 5.02 Å². The average molecular weight is 331 g/mol. The van der Waals surface area contributed by atoms with E-state index in [4.69, 9.17) is 11.6 Å². The van der Waals surface area contributed by atoms with Crippen molar-refractivity contribution in [2.75, 3.05) is 6.54 Å². The number of carbonyl (C=O) groups excluding carboxylic acids is 1. The molecular weight excluding hydrogens is 316 g/mol. The number of hydrogen-bond donors (Lipinski definition) is 1. The average Bonchev–Trinajstić information content (AvgIpc) is 2.53. The lowest BCUT2D eigenvalue weighted by molar-refractivity contribution is -0.384. The van der Waals surface area contributed by atoms with Gasteiger partial charge in [-0.3, -0.25) is 14.9 Å². The molecule has 0 radical (unpaired) electrons. The number of amides is 1. The zero-order chi connectivity index (χ0) is 16.7. The Morgan fingerprint density at radius 3 is 2.61 bits per heavy atom. The largest absolute Gasteiger partial charge is 0.352 e. The first-order chi connectivity index (χ1) is 11.0. The monoisotopic (exact) mass is 330 g/mol. The van der Waals surface area contributed by atoms with Crippen LogP contribution in [0, 0.1) is 10.1 Å². The molecule has 0 bridgehead atoms. The van der Waals surface area contributed by atoms with Gasteiger partial charge in [0.15, 0.2) is 0 Å². The van der Waals surface area contributed by atoms with Gasteiger partial charge in [0.2, 0.25) is 5.91 Å². The van der Waals surface area contributed by atoms with Crippen LogP contribution in [0.25, 0.3) is 6.08 Å². The SMILES string of the molecule is O=C(C=Cc1ccc([N+](=O)[O-])cc1)NCCc1cccc(Cl)c1. The number of halogens is 1. The normalized spacial score (nSPS) is 10.7. The van der Waals surface area contributed by atoms with Crippen molar-refractivity contribution in [1.82, 2.24) is 5.32 Å². The minimum atomic E-state index is -0.462. The first kappa shape index (κ1) is 16.7. The molecule has 0 aliphatic heterocycles. The Morgan fingerprint density at radius 2 is 1.96 bits per heavy atom. The molecule has 5 nitrogen and oxygen atoms in total. The fourth-order valence-corrected chi connectivity index (χ4v) is 2.17. The second-order valence-corrected chi connectivity index (χ2v) is 5.29. The molecule has 0 aliphatic rings. The minimum absolute atomic E-state index is 0.0214. The van der Waals surface area contributed by atoms with Crippen LogP contribution >= 0.6 is 11.6 Å². The summed E-state index contributed by atoms with van der Waals surface area (Å²) in [5.74, 6) is -0.217. The highest BCUT2D eigenvalue weighted by atomic mass is 35.5. The Kier molecular flexibility index (Phi) is 5.88. The lowest BCUT2D eigenvalue weighted by Gasteiger charge is -2.03. The molecule has 2 rings (SSSR count). The second-order valence-electron chi connectivity index (χ2n) is 4.85. The predicted molar refractivity (Wildman–Crippen MR) is 90.3 cm³/mol. The van der Waals surface area contributed by atoms with Crippen LogP contribution in [0.4, 0.5) is 5.69 Å². The first-order valence-corrected chi connectivity index (χ1v) is 7.37. The third-order valence-electron chi connectivity index (χ3n) is 3.13. The Labute approximate surface area is 138 Å². The maximum atomic E-state index is 11.7. The highest BCUT2D eigenvalue weighted by Gasteiger charge is 2.02. The Bertz CT molecular complexity index is 727. The molecule has 0 aliphatic carbocycles. The van der Waals surface area contributed by atoms with Crippen LogP contribution in [0.1, 0.15) is 11.1 Å². The predicted octanol–water partition coefficient (Wildman–Crippen LogP) is 3.62. The van der Waals surface area contributed by atoms with Crippen molar-refractivity contribution in [2.45, 2.75) is 6.42 Å². The summed E-state index contributed by atoms with van der Waals surface area (Å²) in [6.45, 7) is 0.504. The first-order valence-electron chi connectivity index (χ1n) is 6.99. The van der Waals surface area contributed by atoms with Gasteiger partial charge in [0, 0.05) is 29.8 Å². The topological polar surface area (TPSA) is 72.2 Å². The smallest absolute Gasteiger partial charge is 0.269 e. The number of non-ortho nitro benzene ring substituents is 1. The molecule has 0 saturated carbocycles. The van der Waals surface area contributed by atoms with E-state index in [1.807, 2.05) is 18.2 Å². The number of carbonyl (C=O) groups is 1. The number of benzene rings is 2. The van der Waals surface area contributed by atoms with Crippen LogP contribution < -0.4 is 5.32 Å². The van der Waals surface area contributed by atoms with Gasteiger partial charge in [-0.1, -0.05) is 23.7 Å². The molecule has 2 aromatic rings. The van der Waals surface area contributed by atoms with Gasteiger partial charge >= 0.3 is 0 Å². The fourth-order valence-electron chi connectivity index (χ4n) is 1.96. The van der Waals surface area contributed by atoms with E-state index < -0.39 is 4.92 Å². The molecular formula is C17H15ClN2O3. The Hall–Kier alpha value is -2.66. The van der Waals surface area contributed by atoms with Gasteiger partial charge in [-0.25, -0.2) is 0 Å². The van der Waals surface area contributed by atoms with Gasteiger partial charge in [0.25, 0.3) is 5.69 Å². The maximum absolute atomic E-state index is 11.7. The van der Waals surface area contributed by atoms with E-state index in [9.17, 15) is 14.9 Å². The summed E-state index contributed by atoms with van der Waals surface area (Å²) in [7, 11) is 0. The third kappa shape index (κ3) is 5.56. The van der Waals surface area contributed by atoms with Crippen LogP contribution in [0.5, 0.6) is 0 Å². The van der Waals surface area contributed by atoms with Crippen LogP contribution in [-0.2, 0) is 11.2 Å². The summed E-state index contributed by atoms with van der Waals surface area (Å²) in [6.07, 6.45) is 3.70. The lowest BCUT2D eigenvalue weighted by atomic mass is 10.1. The number of hydrogen-bond acceptors (Lipinski definition) is 3. The Morgan fingerprint density at radius 1 is 1.22 bits per heavy atom. The highest BCUT2D eigenvalue weighted by molar-refractivity contribution is 6.30. The zero-order valence-electron chi connectivity index (χ0n) is 12.2. The van der Waals surface area contributed by atoms with Crippen molar-refractivity contribution in [3.05, 3.63) is 80.9 Å². The molecule has 1 amide bonds. The van der Waals surface area contributed by atoms with Gasteiger partial charge < -0.3 is 5.32 Å². The molecule has 0 spiro atoms. The number of rotatable bonds is 6. The molecule has 0 fully saturated rings. The number of nitrogens with one attached hydrogen (secondary N) is 1. The summed E-state index contributed by atoms with van der Waals surface area (Å²) >= 11 is 5.89. The molecule has 0 saturated heterocycles. The van der Waals surface area contributed by atoms with Gasteiger partial charge in [-0.05, 0) is 47.9 Å². The molecule has 0 atom stereocenters.